The Kier molecular flexibility index (Phi) is 8.85. The van der Waals surface area contributed by atoms with E-state index < -0.39 is 0 Å². The van der Waals surface area contributed by atoms with E-state index in [1.54, 1.807) is 15.9 Å². The predicted octanol–water partition coefficient (Wildman–Crippen LogP) is 5.16. The van der Waals surface area contributed by atoms with Crippen LogP contribution < -0.4 is 5.43 Å². The highest BCUT2D eigenvalue weighted by Gasteiger charge is 2.24. The van der Waals surface area contributed by atoms with E-state index in [9.17, 15) is 14.4 Å². The molecule has 2 aromatic carbocycles. The van der Waals surface area contributed by atoms with Crippen molar-refractivity contribution in [2.45, 2.75) is 54.1 Å². The van der Waals surface area contributed by atoms with E-state index in [2.05, 4.69) is 13.8 Å². The molecule has 6 nitrogen and oxygen atoms in total. The summed E-state index contributed by atoms with van der Waals surface area (Å²) in [5.74, 6) is -0.0262. The molecular weight excluding hydrogens is 440 g/mol. The molecule has 0 bridgehead atoms. The molecule has 35 heavy (non-hydrogen) atoms. The smallest absolute Gasteiger partial charge is 0.242 e. The van der Waals surface area contributed by atoms with E-state index in [-0.39, 0.29) is 36.3 Å². The lowest BCUT2D eigenvalue weighted by molar-refractivity contribution is -0.143. The number of benzene rings is 2. The van der Waals surface area contributed by atoms with Crippen molar-refractivity contribution in [2.24, 2.45) is 11.8 Å². The van der Waals surface area contributed by atoms with Crippen molar-refractivity contribution >= 4 is 22.8 Å². The molecule has 0 unspecified atom stereocenters. The number of carbonyl (C=O) groups is 2. The minimum Gasteiger partial charge on any atom is -0.464 e. The van der Waals surface area contributed by atoms with Gasteiger partial charge in [0.2, 0.25) is 11.8 Å². The first kappa shape index (κ1) is 26.2. The molecule has 0 radical (unpaired) electrons. The van der Waals surface area contributed by atoms with E-state index in [1.165, 1.54) is 6.26 Å². The van der Waals surface area contributed by atoms with Gasteiger partial charge in [-0.25, -0.2) is 0 Å². The highest BCUT2D eigenvalue weighted by Crippen LogP contribution is 2.16. The number of carbonyl (C=O) groups excluding carboxylic acids is 2. The molecule has 0 spiro atoms. The zero-order valence-corrected chi connectivity index (χ0v) is 21.4. The second kappa shape index (κ2) is 11.8. The van der Waals surface area contributed by atoms with Gasteiger partial charge in [-0.05, 0) is 37.0 Å². The third kappa shape index (κ3) is 7.04. The number of amides is 2. The Morgan fingerprint density at radius 1 is 0.943 bits per heavy atom. The van der Waals surface area contributed by atoms with Gasteiger partial charge in [0.05, 0.1) is 30.3 Å². The molecular formula is C29H36N2O4. The minimum absolute atomic E-state index is 0.0193. The number of aryl methyl sites for hydroxylation is 1. The zero-order valence-electron chi connectivity index (χ0n) is 21.4. The quantitative estimate of drug-likeness (QED) is 0.405. The van der Waals surface area contributed by atoms with Gasteiger partial charge in [0, 0.05) is 19.0 Å². The van der Waals surface area contributed by atoms with E-state index in [4.69, 9.17) is 4.42 Å². The van der Waals surface area contributed by atoms with E-state index >= 15 is 0 Å². The van der Waals surface area contributed by atoms with Gasteiger partial charge in [-0.2, -0.15) is 0 Å². The van der Waals surface area contributed by atoms with Gasteiger partial charge in [0.1, 0.15) is 5.58 Å². The predicted molar refractivity (Wildman–Crippen MR) is 139 cm³/mol. The zero-order chi connectivity index (χ0) is 25.5. The van der Waals surface area contributed by atoms with Crippen molar-refractivity contribution in [1.29, 1.82) is 0 Å². The van der Waals surface area contributed by atoms with Gasteiger partial charge in [-0.1, -0.05) is 69.7 Å². The fourth-order valence-corrected chi connectivity index (χ4v) is 3.95. The molecule has 6 heteroatoms. The average molecular weight is 477 g/mol. The highest BCUT2D eigenvalue weighted by atomic mass is 16.3. The van der Waals surface area contributed by atoms with Crippen molar-refractivity contribution in [2.75, 3.05) is 13.1 Å². The molecule has 0 saturated heterocycles. The van der Waals surface area contributed by atoms with E-state index in [0.717, 1.165) is 17.5 Å². The number of hydrogen-bond acceptors (Lipinski definition) is 4. The number of hydrogen-bond donors (Lipinski definition) is 0. The fraction of sp³-hybridized carbons (Fsp3) is 0.414. The Morgan fingerprint density at radius 2 is 1.66 bits per heavy atom. The van der Waals surface area contributed by atoms with Crippen LogP contribution in [0.25, 0.3) is 11.0 Å². The van der Waals surface area contributed by atoms with Crippen LogP contribution in [0.3, 0.4) is 0 Å². The first-order chi connectivity index (χ1) is 16.7. The van der Waals surface area contributed by atoms with Crippen molar-refractivity contribution in [1.82, 2.24) is 9.80 Å². The molecule has 0 aliphatic rings. The van der Waals surface area contributed by atoms with Crippen LogP contribution in [0.5, 0.6) is 0 Å². The molecule has 0 N–H and O–H groups in total. The van der Waals surface area contributed by atoms with Crippen LogP contribution in [0.1, 0.15) is 50.8 Å². The molecule has 2 amide bonds. The van der Waals surface area contributed by atoms with Crippen molar-refractivity contribution in [3.8, 4) is 0 Å². The maximum Gasteiger partial charge on any atom is 0.242 e. The molecule has 0 fully saturated rings. The monoisotopic (exact) mass is 476 g/mol. The van der Waals surface area contributed by atoms with Crippen LogP contribution in [0.15, 0.2) is 64.0 Å². The summed E-state index contributed by atoms with van der Waals surface area (Å²) in [6.45, 7) is 10.8. The average Bonchev–Trinajstić information content (AvgIpc) is 2.83. The molecule has 3 aromatic rings. The fourth-order valence-electron chi connectivity index (χ4n) is 3.95. The van der Waals surface area contributed by atoms with Crippen LogP contribution in [0, 0.1) is 18.8 Å². The largest absolute Gasteiger partial charge is 0.464 e. The summed E-state index contributed by atoms with van der Waals surface area (Å²) in [6, 6.07) is 15.1. The number of nitrogens with zero attached hydrogens (tertiary/aromatic N) is 2. The van der Waals surface area contributed by atoms with E-state index in [0.29, 0.717) is 35.5 Å². The molecule has 0 aliphatic carbocycles. The van der Waals surface area contributed by atoms with Gasteiger partial charge >= 0.3 is 0 Å². The Labute approximate surface area is 207 Å². The Bertz CT molecular complexity index is 1210. The standard InChI is InChI=1S/C29H36N2O4/c1-20(2)13-14-30(29(34)21(3)4)18-27(32)31(16-23-9-7-6-8-10-23)17-24-19-35-26-12-11-22(5)15-25(26)28(24)33/h6-12,15,19-21H,13-14,16-18H2,1-5H3. The maximum atomic E-state index is 13.6. The lowest BCUT2D eigenvalue weighted by Gasteiger charge is -2.29. The van der Waals surface area contributed by atoms with Gasteiger partial charge < -0.3 is 14.2 Å². The van der Waals surface area contributed by atoms with Gasteiger partial charge in [-0.3, -0.25) is 14.4 Å². The first-order valence-corrected chi connectivity index (χ1v) is 12.3. The molecule has 0 aliphatic heterocycles. The second-order valence-corrected chi connectivity index (χ2v) is 9.92. The van der Waals surface area contributed by atoms with Crippen LogP contribution in [-0.4, -0.2) is 34.7 Å². The molecule has 186 valence electrons. The summed E-state index contributed by atoms with van der Waals surface area (Å²) in [7, 11) is 0. The Balaban J connectivity index is 1.91. The second-order valence-electron chi connectivity index (χ2n) is 9.92. The third-order valence-electron chi connectivity index (χ3n) is 6.04. The van der Waals surface area contributed by atoms with Gasteiger partial charge in [0.15, 0.2) is 5.43 Å². The molecule has 1 heterocycles. The van der Waals surface area contributed by atoms with Crippen LogP contribution in [0.4, 0.5) is 0 Å². The van der Waals surface area contributed by atoms with Crippen LogP contribution in [-0.2, 0) is 22.7 Å². The van der Waals surface area contributed by atoms with Crippen LogP contribution >= 0.6 is 0 Å². The van der Waals surface area contributed by atoms with E-state index in [1.807, 2.05) is 63.2 Å². The highest BCUT2D eigenvalue weighted by molar-refractivity contribution is 5.86. The lowest BCUT2D eigenvalue weighted by Crippen LogP contribution is -2.44. The Morgan fingerprint density at radius 3 is 2.31 bits per heavy atom. The molecule has 0 saturated carbocycles. The topological polar surface area (TPSA) is 70.8 Å². The summed E-state index contributed by atoms with van der Waals surface area (Å²) in [5, 5.41) is 0.503. The molecule has 3 rings (SSSR count). The van der Waals surface area contributed by atoms with Gasteiger partial charge in [-0.15, -0.1) is 0 Å². The Hall–Kier alpha value is -3.41. The first-order valence-electron chi connectivity index (χ1n) is 12.3. The summed E-state index contributed by atoms with van der Waals surface area (Å²) >= 11 is 0. The molecule has 0 atom stereocenters. The maximum absolute atomic E-state index is 13.6. The lowest BCUT2D eigenvalue weighted by atomic mass is 10.1. The normalized spacial score (nSPS) is 11.3. The number of fused-ring (bicyclic) bond motifs is 1. The summed E-state index contributed by atoms with van der Waals surface area (Å²) in [4.78, 5) is 42.9. The van der Waals surface area contributed by atoms with Crippen molar-refractivity contribution < 1.29 is 14.0 Å². The summed E-state index contributed by atoms with van der Waals surface area (Å²) in [5.41, 5.74) is 2.71. The summed E-state index contributed by atoms with van der Waals surface area (Å²) < 4.78 is 5.72. The van der Waals surface area contributed by atoms with Crippen molar-refractivity contribution in [3.05, 3.63) is 81.7 Å². The minimum atomic E-state index is -0.201. The third-order valence-corrected chi connectivity index (χ3v) is 6.04. The van der Waals surface area contributed by atoms with Crippen molar-refractivity contribution in [3.63, 3.8) is 0 Å². The van der Waals surface area contributed by atoms with Gasteiger partial charge in [0.25, 0.3) is 0 Å². The summed E-state index contributed by atoms with van der Waals surface area (Å²) in [6.07, 6.45) is 2.26. The molecule has 1 aromatic heterocycles. The SMILES string of the molecule is Cc1ccc2occ(CN(Cc3ccccc3)C(=O)CN(CCC(C)C)C(=O)C(C)C)c(=O)c2c1. The number of rotatable bonds is 10. The van der Waals surface area contributed by atoms with Crippen LogP contribution in [0.2, 0.25) is 0 Å².